The minimum absolute atomic E-state index is 0.235. The van der Waals surface area contributed by atoms with Gasteiger partial charge in [0.25, 0.3) is 11.6 Å². The van der Waals surface area contributed by atoms with Crippen LogP contribution in [0.25, 0.3) is 21.7 Å². The zero-order valence-corrected chi connectivity index (χ0v) is 17.8. The highest BCUT2D eigenvalue weighted by Crippen LogP contribution is 2.31. The summed E-state index contributed by atoms with van der Waals surface area (Å²) in [5.74, 6) is -0.235. The molecule has 0 saturated carbocycles. The number of carbonyl (C=O) groups excluding carboxylic acids is 1. The lowest BCUT2D eigenvalue weighted by molar-refractivity contribution is 0.102. The first-order valence-electron chi connectivity index (χ1n) is 9.79. The van der Waals surface area contributed by atoms with Gasteiger partial charge in [0, 0.05) is 23.0 Å². The first-order chi connectivity index (χ1) is 15.1. The van der Waals surface area contributed by atoms with E-state index in [9.17, 15) is 4.79 Å². The molecule has 1 amide bonds. The Morgan fingerprint density at radius 2 is 2.03 bits per heavy atom. The van der Waals surface area contributed by atoms with Crippen LogP contribution in [0.1, 0.15) is 26.5 Å². The van der Waals surface area contributed by atoms with Crippen molar-refractivity contribution < 1.29 is 9.32 Å². The van der Waals surface area contributed by atoms with Gasteiger partial charge in [0.05, 0.1) is 33.8 Å². The normalized spacial score (nSPS) is 11.2. The second kappa shape index (κ2) is 7.81. The van der Waals surface area contributed by atoms with Gasteiger partial charge in [-0.2, -0.15) is 5.10 Å². The number of aromatic nitrogens is 4. The standard InChI is InChI=1S/C23H19N5O2S/c1-14-8-9-20(31-14)19-12-17(21-15(2)27-30-23(21)26-19)22(29)25-18-7-4-3-6-16(18)13-28-11-5-10-24-28/h3-12H,13H2,1-2H3,(H,25,29). The summed E-state index contributed by atoms with van der Waals surface area (Å²) in [7, 11) is 0. The molecule has 1 aromatic carbocycles. The van der Waals surface area contributed by atoms with E-state index in [1.54, 1.807) is 17.5 Å². The Kier molecular flexibility index (Phi) is 4.83. The summed E-state index contributed by atoms with van der Waals surface area (Å²) in [5.41, 5.74) is 3.86. The van der Waals surface area contributed by atoms with Crippen molar-refractivity contribution in [3.8, 4) is 10.6 Å². The van der Waals surface area contributed by atoms with E-state index in [-0.39, 0.29) is 5.91 Å². The summed E-state index contributed by atoms with van der Waals surface area (Å²) >= 11 is 1.62. The van der Waals surface area contributed by atoms with E-state index in [1.807, 2.05) is 73.3 Å². The molecule has 154 valence electrons. The van der Waals surface area contributed by atoms with Crippen LogP contribution in [-0.2, 0) is 6.54 Å². The van der Waals surface area contributed by atoms with Crippen LogP contribution in [0.3, 0.4) is 0 Å². The van der Waals surface area contributed by atoms with Gasteiger partial charge in [0.15, 0.2) is 0 Å². The number of nitrogens with zero attached hydrogens (tertiary/aromatic N) is 4. The van der Waals surface area contributed by atoms with Crippen molar-refractivity contribution in [1.82, 2.24) is 19.9 Å². The Balaban J connectivity index is 1.54. The third-order valence-electron chi connectivity index (χ3n) is 5.01. The Labute approximate surface area is 182 Å². The molecule has 0 saturated heterocycles. The Bertz CT molecular complexity index is 1380. The number of anilines is 1. The molecule has 0 unspecified atom stereocenters. The predicted octanol–water partition coefficient (Wildman–Crippen LogP) is 5.07. The fourth-order valence-electron chi connectivity index (χ4n) is 3.51. The van der Waals surface area contributed by atoms with Gasteiger partial charge < -0.3 is 9.84 Å². The summed E-state index contributed by atoms with van der Waals surface area (Å²) in [5, 5.41) is 12.0. The number of hydrogen-bond acceptors (Lipinski definition) is 6. The van der Waals surface area contributed by atoms with Gasteiger partial charge >= 0.3 is 0 Å². The molecule has 8 heteroatoms. The summed E-state index contributed by atoms with van der Waals surface area (Å²) in [6.07, 6.45) is 3.62. The molecule has 0 aliphatic heterocycles. The average Bonchev–Trinajstić information content (AvgIpc) is 3.51. The fourth-order valence-corrected chi connectivity index (χ4v) is 4.34. The van der Waals surface area contributed by atoms with Crippen molar-refractivity contribution in [2.75, 3.05) is 5.32 Å². The van der Waals surface area contributed by atoms with Gasteiger partial charge in [0.1, 0.15) is 0 Å². The van der Waals surface area contributed by atoms with E-state index < -0.39 is 0 Å². The van der Waals surface area contributed by atoms with E-state index in [4.69, 9.17) is 4.52 Å². The second-order valence-corrected chi connectivity index (χ2v) is 8.52. The molecule has 0 spiro atoms. The quantitative estimate of drug-likeness (QED) is 0.422. The Morgan fingerprint density at radius 3 is 2.81 bits per heavy atom. The topological polar surface area (TPSA) is 85.8 Å². The number of para-hydroxylation sites is 1. The number of amides is 1. The molecule has 0 bridgehead atoms. The number of fused-ring (bicyclic) bond motifs is 1. The largest absolute Gasteiger partial charge is 0.335 e. The minimum Gasteiger partial charge on any atom is -0.335 e. The van der Waals surface area contributed by atoms with Crippen LogP contribution >= 0.6 is 11.3 Å². The summed E-state index contributed by atoms with van der Waals surface area (Å²) in [4.78, 5) is 20.1. The molecular formula is C23H19N5O2S. The third-order valence-corrected chi connectivity index (χ3v) is 6.03. The summed E-state index contributed by atoms with van der Waals surface area (Å²) in [6.45, 7) is 4.40. The molecule has 4 heterocycles. The number of nitrogens with one attached hydrogen (secondary N) is 1. The van der Waals surface area contributed by atoms with E-state index in [1.165, 1.54) is 4.88 Å². The van der Waals surface area contributed by atoms with Crippen molar-refractivity contribution in [3.63, 3.8) is 0 Å². The lowest BCUT2D eigenvalue weighted by Gasteiger charge is -2.12. The fraction of sp³-hybridized carbons (Fsp3) is 0.130. The van der Waals surface area contributed by atoms with Crippen molar-refractivity contribution in [2.24, 2.45) is 0 Å². The highest BCUT2D eigenvalue weighted by Gasteiger charge is 2.20. The predicted molar refractivity (Wildman–Crippen MR) is 120 cm³/mol. The lowest BCUT2D eigenvalue weighted by Crippen LogP contribution is -2.15. The van der Waals surface area contributed by atoms with Gasteiger partial charge in [-0.05, 0) is 49.7 Å². The highest BCUT2D eigenvalue weighted by molar-refractivity contribution is 7.15. The summed E-state index contributed by atoms with van der Waals surface area (Å²) in [6, 6.07) is 15.4. The number of rotatable bonds is 5. The zero-order chi connectivity index (χ0) is 21.4. The molecule has 0 aliphatic carbocycles. The SMILES string of the molecule is Cc1ccc(-c2cc(C(=O)Nc3ccccc3Cn3cccn3)c3c(C)noc3n2)s1. The van der Waals surface area contributed by atoms with Crippen LogP contribution in [0.15, 0.2) is 65.4 Å². The van der Waals surface area contributed by atoms with Gasteiger partial charge in [-0.1, -0.05) is 23.4 Å². The van der Waals surface area contributed by atoms with Crippen molar-refractivity contribution in [3.05, 3.63) is 82.6 Å². The first kappa shape index (κ1) is 19.2. The minimum atomic E-state index is -0.235. The van der Waals surface area contributed by atoms with Crippen molar-refractivity contribution in [2.45, 2.75) is 20.4 Å². The monoisotopic (exact) mass is 429 g/mol. The number of benzene rings is 1. The maximum absolute atomic E-state index is 13.4. The number of aryl methyl sites for hydroxylation is 2. The number of pyridine rings is 1. The summed E-state index contributed by atoms with van der Waals surface area (Å²) < 4.78 is 7.22. The van der Waals surface area contributed by atoms with Crippen molar-refractivity contribution in [1.29, 1.82) is 0 Å². The highest BCUT2D eigenvalue weighted by atomic mass is 32.1. The molecule has 0 aliphatic rings. The second-order valence-electron chi connectivity index (χ2n) is 7.23. The molecule has 31 heavy (non-hydrogen) atoms. The molecule has 0 atom stereocenters. The van der Waals surface area contributed by atoms with Crippen LogP contribution in [-0.4, -0.2) is 25.8 Å². The molecule has 1 N–H and O–H groups in total. The van der Waals surface area contributed by atoms with Crippen molar-refractivity contribution >= 4 is 34.0 Å². The Morgan fingerprint density at radius 1 is 1.16 bits per heavy atom. The average molecular weight is 430 g/mol. The van der Waals surface area contributed by atoms with Gasteiger partial charge in [-0.3, -0.25) is 9.48 Å². The van der Waals surface area contributed by atoms with E-state index in [2.05, 4.69) is 20.6 Å². The molecule has 5 aromatic rings. The van der Waals surface area contributed by atoms with Crippen LogP contribution in [0.2, 0.25) is 0 Å². The Hall–Kier alpha value is -3.78. The van der Waals surface area contributed by atoms with Crippen LogP contribution in [0.5, 0.6) is 0 Å². The third kappa shape index (κ3) is 3.73. The van der Waals surface area contributed by atoms with E-state index in [0.29, 0.717) is 34.6 Å². The number of carbonyl (C=O) groups is 1. The lowest BCUT2D eigenvalue weighted by atomic mass is 10.1. The molecular weight excluding hydrogens is 410 g/mol. The van der Waals surface area contributed by atoms with Crippen LogP contribution in [0.4, 0.5) is 5.69 Å². The molecule has 4 aromatic heterocycles. The number of hydrogen-bond donors (Lipinski definition) is 1. The van der Waals surface area contributed by atoms with Gasteiger partial charge in [-0.25, -0.2) is 4.98 Å². The first-order valence-corrected chi connectivity index (χ1v) is 10.6. The maximum Gasteiger partial charge on any atom is 0.259 e. The number of thiophene rings is 1. The zero-order valence-electron chi connectivity index (χ0n) is 17.0. The van der Waals surface area contributed by atoms with Crippen LogP contribution < -0.4 is 5.32 Å². The van der Waals surface area contributed by atoms with Gasteiger partial charge in [0.2, 0.25) is 0 Å². The van der Waals surface area contributed by atoms with E-state index in [0.717, 1.165) is 16.1 Å². The van der Waals surface area contributed by atoms with Crippen LogP contribution in [0, 0.1) is 13.8 Å². The smallest absolute Gasteiger partial charge is 0.259 e. The van der Waals surface area contributed by atoms with Gasteiger partial charge in [-0.15, -0.1) is 11.3 Å². The molecule has 7 nitrogen and oxygen atoms in total. The molecule has 0 fully saturated rings. The van der Waals surface area contributed by atoms with E-state index >= 15 is 0 Å². The molecule has 5 rings (SSSR count). The maximum atomic E-state index is 13.4. The molecule has 0 radical (unpaired) electrons.